The SMILES string of the molecule is COc1ccc(OC)c(NC(=O)COC(=O)c2ccc(N3C(=O)[C@H]4[C@@H](C)C=CC[C@H]4C3=O)cc2)c1. The van der Waals surface area contributed by atoms with Crippen LogP contribution in [0.3, 0.4) is 0 Å². The third kappa shape index (κ3) is 4.75. The van der Waals surface area contributed by atoms with Crippen molar-refractivity contribution in [1.29, 1.82) is 0 Å². The molecule has 182 valence electrons. The summed E-state index contributed by atoms with van der Waals surface area (Å²) in [6.45, 7) is 1.42. The fourth-order valence-corrected chi connectivity index (χ4v) is 4.46. The van der Waals surface area contributed by atoms with Crippen molar-refractivity contribution < 1.29 is 33.4 Å². The van der Waals surface area contributed by atoms with E-state index in [2.05, 4.69) is 5.32 Å². The molecule has 1 aliphatic carbocycles. The van der Waals surface area contributed by atoms with Gasteiger partial charge in [-0.2, -0.15) is 0 Å². The summed E-state index contributed by atoms with van der Waals surface area (Å²) in [4.78, 5) is 51.7. The van der Waals surface area contributed by atoms with Crippen LogP contribution in [0, 0.1) is 17.8 Å². The molecule has 2 aromatic carbocycles. The molecule has 1 heterocycles. The number of esters is 1. The van der Waals surface area contributed by atoms with Crippen LogP contribution in [0.25, 0.3) is 0 Å². The molecule has 0 unspecified atom stereocenters. The number of ether oxygens (including phenoxy) is 3. The molecule has 2 aliphatic rings. The molecule has 2 aromatic rings. The lowest BCUT2D eigenvalue weighted by Gasteiger charge is -2.22. The minimum Gasteiger partial charge on any atom is -0.497 e. The van der Waals surface area contributed by atoms with Crippen molar-refractivity contribution in [3.8, 4) is 11.5 Å². The third-order valence-corrected chi connectivity index (χ3v) is 6.25. The van der Waals surface area contributed by atoms with Gasteiger partial charge in [0.15, 0.2) is 6.61 Å². The van der Waals surface area contributed by atoms with Gasteiger partial charge in [0.2, 0.25) is 11.8 Å². The predicted octanol–water partition coefficient (Wildman–Crippen LogP) is 3.20. The summed E-state index contributed by atoms with van der Waals surface area (Å²) in [5.74, 6) is -1.49. The quantitative estimate of drug-likeness (QED) is 0.370. The van der Waals surface area contributed by atoms with E-state index in [1.165, 1.54) is 43.4 Å². The van der Waals surface area contributed by atoms with E-state index in [9.17, 15) is 19.2 Å². The standard InChI is InChI=1S/C26H26N2O7/c1-15-5-4-6-19-23(15)25(31)28(24(19)30)17-9-7-16(8-10-17)26(32)35-14-22(29)27-20-13-18(33-2)11-12-21(20)34-3/h4-5,7-13,15,19,23H,6,14H2,1-3H3,(H,27,29)/t15-,19+,23-/m0/s1. The summed E-state index contributed by atoms with van der Waals surface area (Å²) < 4.78 is 15.5. The molecular weight excluding hydrogens is 452 g/mol. The fraction of sp³-hybridized carbons (Fsp3) is 0.308. The Morgan fingerprint density at radius 1 is 1.03 bits per heavy atom. The average molecular weight is 479 g/mol. The number of hydrogen-bond acceptors (Lipinski definition) is 7. The van der Waals surface area contributed by atoms with Crippen molar-refractivity contribution in [2.45, 2.75) is 13.3 Å². The number of nitrogens with zero attached hydrogens (tertiary/aromatic N) is 1. The Kier molecular flexibility index (Phi) is 6.86. The van der Waals surface area contributed by atoms with Crippen LogP contribution in [0.1, 0.15) is 23.7 Å². The molecule has 9 heteroatoms. The molecule has 1 N–H and O–H groups in total. The zero-order chi connectivity index (χ0) is 25.1. The first-order valence-corrected chi connectivity index (χ1v) is 11.2. The highest BCUT2D eigenvalue weighted by Crippen LogP contribution is 2.40. The van der Waals surface area contributed by atoms with E-state index in [-0.39, 0.29) is 35.1 Å². The van der Waals surface area contributed by atoms with Crippen molar-refractivity contribution in [1.82, 2.24) is 0 Å². The Labute approximate surface area is 202 Å². The zero-order valence-electron chi connectivity index (χ0n) is 19.6. The molecule has 1 fully saturated rings. The van der Waals surface area contributed by atoms with Crippen molar-refractivity contribution in [3.05, 3.63) is 60.2 Å². The number of carbonyl (C=O) groups excluding carboxylic acids is 4. The monoisotopic (exact) mass is 478 g/mol. The summed E-state index contributed by atoms with van der Waals surface area (Å²) >= 11 is 0. The van der Waals surface area contributed by atoms with E-state index in [1.54, 1.807) is 18.2 Å². The van der Waals surface area contributed by atoms with Crippen LogP contribution in [0.5, 0.6) is 11.5 Å². The van der Waals surface area contributed by atoms with Gasteiger partial charge < -0.3 is 19.5 Å². The second kappa shape index (κ2) is 10.0. The van der Waals surface area contributed by atoms with Gasteiger partial charge in [-0.05, 0) is 48.7 Å². The van der Waals surface area contributed by atoms with E-state index in [1.807, 2.05) is 19.1 Å². The van der Waals surface area contributed by atoms with E-state index < -0.39 is 18.5 Å². The van der Waals surface area contributed by atoms with Gasteiger partial charge in [0.25, 0.3) is 5.91 Å². The molecule has 3 amide bonds. The maximum absolute atomic E-state index is 12.9. The van der Waals surface area contributed by atoms with Crippen molar-refractivity contribution in [2.75, 3.05) is 31.0 Å². The van der Waals surface area contributed by atoms with Crippen LogP contribution in [0.2, 0.25) is 0 Å². The lowest BCUT2D eigenvalue weighted by Crippen LogP contribution is -2.31. The summed E-state index contributed by atoms with van der Waals surface area (Å²) in [5.41, 5.74) is 0.968. The van der Waals surface area contributed by atoms with Crippen LogP contribution < -0.4 is 19.7 Å². The summed E-state index contributed by atoms with van der Waals surface area (Å²) in [6, 6.07) is 10.9. The van der Waals surface area contributed by atoms with E-state index in [4.69, 9.17) is 14.2 Å². The third-order valence-electron chi connectivity index (χ3n) is 6.25. The van der Waals surface area contributed by atoms with Gasteiger partial charge in [-0.3, -0.25) is 19.3 Å². The molecule has 0 spiro atoms. The van der Waals surface area contributed by atoms with Gasteiger partial charge in [-0.25, -0.2) is 4.79 Å². The molecule has 0 aromatic heterocycles. The van der Waals surface area contributed by atoms with Crippen molar-refractivity contribution in [2.24, 2.45) is 17.8 Å². The lowest BCUT2D eigenvalue weighted by molar-refractivity contribution is -0.123. The smallest absolute Gasteiger partial charge is 0.338 e. The second-order valence-electron chi connectivity index (χ2n) is 8.40. The number of amides is 3. The molecular formula is C26H26N2O7. The minimum atomic E-state index is -0.713. The molecule has 1 aliphatic heterocycles. The van der Waals surface area contributed by atoms with Gasteiger partial charge in [-0.15, -0.1) is 0 Å². The van der Waals surface area contributed by atoms with Crippen LogP contribution in [-0.2, 0) is 19.1 Å². The number of methoxy groups -OCH3 is 2. The topological polar surface area (TPSA) is 111 Å². The first-order chi connectivity index (χ1) is 16.8. The van der Waals surface area contributed by atoms with Gasteiger partial charge >= 0.3 is 5.97 Å². The molecule has 35 heavy (non-hydrogen) atoms. The van der Waals surface area contributed by atoms with E-state index in [0.717, 1.165) is 0 Å². The number of anilines is 2. The number of allylic oxidation sites excluding steroid dienone is 2. The maximum Gasteiger partial charge on any atom is 0.338 e. The first kappa shape index (κ1) is 24.0. The van der Waals surface area contributed by atoms with Gasteiger partial charge in [-0.1, -0.05) is 19.1 Å². The van der Waals surface area contributed by atoms with Crippen LogP contribution in [0.15, 0.2) is 54.6 Å². The number of carbonyl (C=O) groups is 4. The highest BCUT2D eigenvalue weighted by atomic mass is 16.5. The molecule has 1 saturated heterocycles. The Morgan fingerprint density at radius 3 is 2.43 bits per heavy atom. The zero-order valence-corrected chi connectivity index (χ0v) is 19.6. The first-order valence-electron chi connectivity index (χ1n) is 11.2. The summed E-state index contributed by atoms with van der Waals surface area (Å²) in [6.07, 6.45) is 4.46. The average Bonchev–Trinajstić information content (AvgIpc) is 3.13. The fourth-order valence-electron chi connectivity index (χ4n) is 4.46. The molecule has 3 atom stereocenters. The number of rotatable bonds is 7. The van der Waals surface area contributed by atoms with Crippen LogP contribution in [-0.4, -0.2) is 44.5 Å². The summed E-state index contributed by atoms with van der Waals surface area (Å²) in [7, 11) is 2.97. The van der Waals surface area contributed by atoms with Crippen molar-refractivity contribution >= 4 is 35.1 Å². The number of nitrogens with one attached hydrogen (secondary N) is 1. The number of hydrogen-bond donors (Lipinski definition) is 1. The Morgan fingerprint density at radius 2 is 1.77 bits per heavy atom. The van der Waals surface area contributed by atoms with Gasteiger partial charge in [0.1, 0.15) is 11.5 Å². The van der Waals surface area contributed by atoms with E-state index in [0.29, 0.717) is 29.3 Å². The predicted molar refractivity (Wildman–Crippen MR) is 127 cm³/mol. The highest BCUT2D eigenvalue weighted by Gasteiger charge is 2.50. The molecule has 0 bridgehead atoms. The molecule has 0 saturated carbocycles. The lowest BCUT2D eigenvalue weighted by atomic mass is 9.78. The Hall–Kier alpha value is -4.14. The Balaban J connectivity index is 1.37. The molecule has 0 radical (unpaired) electrons. The van der Waals surface area contributed by atoms with Gasteiger partial charge in [0, 0.05) is 6.07 Å². The van der Waals surface area contributed by atoms with Crippen LogP contribution in [0.4, 0.5) is 11.4 Å². The van der Waals surface area contributed by atoms with Gasteiger partial charge in [0.05, 0.1) is 43.0 Å². The number of fused-ring (bicyclic) bond motifs is 1. The Bertz CT molecular complexity index is 1190. The number of imide groups is 1. The second-order valence-corrected chi connectivity index (χ2v) is 8.40. The van der Waals surface area contributed by atoms with E-state index >= 15 is 0 Å². The number of benzene rings is 2. The summed E-state index contributed by atoms with van der Waals surface area (Å²) in [5, 5.41) is 2.62. The molecule has 9 nitrogen and oxygen atoms in total. The normalized spacial score (nSPS) is 20.9. The maximum atomic E-state index is 12.9. The van der Waals surface area contributed by atoms with Crippen LogP contribution >= 0.6 is 0 Å². The largest absolute Gasteiger partial charge is 0.497 e. The molecule has 4 rings (SSSR count). The van der Waals surface area contributed by atoms with Crippen molar-refractivity contribution in [3.63, 3.8) is 0 Å². The highest BCUT2D eigenvalue weighted by molar-refractivity contribution is 6.22. The minimum absolute atomic E-state index is 0.00691.